The molecule has 0 unspecified atom stereocenters. The van der Waals surface area contributed by atoms with E-state index in [-0.39, 0.29) is 0 Å². The number of primary amides is 2. The van der Waals surface area contributed by atoms with Crippen LogP contribution in [-0.2, 0) is 0 Å². The number of carbonyl (C=O) groups excluding carboxylic acids is 1. The lowest BCUT2D eigenvalue weighted by Crippen LogP contribution is -2.18. The van der Waals surface area contributed by atoms with Crippen LogP contribution in [0.5, 0.6) is 0 Å². The van der Waals surface area contributed by atoms with Crippen LogP contribution >= 0.6 is 0 Å². The van der Waals surface area contributed by atoms with Gasteiger partial charge in [0.15, 0.2) is 0 Å². The molecule has 0 aliphatic carbocycles. The second kappa shape index (κ2) is 4.63. The third kappa shape index (κ3) is 10.7. The smallest absolute Gasteiger partial charge is 0.309 e. The van der Waals surface area contributed by atoms with Gasteiger partial charge in [0.25, 0.3) is 0 Å². The summed E-state index contributed by atoms with van der Waals surface area (Å²) < 4.78 is 4.33. The van der Waals surface area contributed by atoms with Crippen molar-refractivity contribution in [1.82, 2.24) is 5.16 Å². The van der Waals surface area contributed by atoms with Gasteiger partial charge >= 0.3 is 6.03 Å². The number of aromatic nitrogens is 1. The zero-order valence-corrected chi connectivity index (χ0v) is 4.65. The fourth-order valence-corrected chi connectivity index (χ4v) is 0.176. The van der Waals surface area contributed by atoms with Gasteiger partial charge in [-0.25, -0.2) is 4.79 Å². The van der Waals surface area contributed by atoms with Crippen LogP contribution in [0.4, 0.5) is 4.79 Å². The Morgan fingerprint density at radius 2 is 2.11 bits per heavy atom. The lowest BCUT2D eigenvalue weighted by Gasteiger charge is -1.62. The third-order valence-corrected chi connectivity index (χ3v) is 0.347. The van der Waals surface area contributed by atoms with Crippen LogP contribution < -0.4 is 11.5 Å². The predicted molar refractivity (Wildman–Crippen MR) is 30.3 cm³/mol. The van der Waals surface area contributed by atoms with E-state index in [1.165, 1.54) is 6.26 Å². The lowest BCUT2D eigenvalue weighted by molar-refractivity contribution is 0.256. The first-order chi connectivity index (χ1) is 4.23. The summed E-state index contributed by atoms with van der Waals surface area (Å²) in [4.78, 5) is 9.00. The van der Waals surface area contributed by atoms with Crippen molar-refractivity contribution in [3.05, 3.63) is 18.5 Å². The summed E-state index contributed by atoms with van der Waals surface area (Å²) in [5.74, 6) is 0. The van der Waals surface area contributed by atoms with Crippen LogP contribution in [0.1, 0.15) is 0 Å². The molecule has 5 nitrogen and oxygen atoms in total. The summed E-state index contributed by atoms with van der Waals surface area (Å²) in [6, 6.07) is 0.889. The summed E-state index contributed by atoms with van der Waals surface area (Å²) >= 11 is 0. The molecule has 1 rings (SSSR count). The van der Waals surface area contributed by atoms with Crippen molar-refractivity contribution in [1.29, 1.82) is 0 Å². The van der Waals surface area contributed by atoms with Crippen LogP contribution in [0, 0.1) is 0 Å². The van der Waals surface area contributed by atoms with E-state index in [1.807, 2.05) is 0 Å². The van der Waals surface area contributed by atoms with Crippen molar-refractivity contribution in [3.8, 4) is 0 Å². The van der Waals surface area contributed by atoms with Crippen molar-refractivity contribution >= 4 is 6.03 Å². The van der Waals surface area contributed by atoms with Gasteiger partial charge in [-0.05, 0) is 6.07 Å². The Labute approximate surface area is 51.6 Å². The van der Waals surface area contributed by atoms with Crippen molar-refractivity contribution < 1.29 is 9.32 Å². The van der Waals surface area contributed by atoms with Crippen LogP contribution in [0.25, 0.3) is 0 Å². The molecule has 0 saturated heterocycles. The summed E-state index contributed by atoms with van der Waals surface area (Å²) in [6.07, 6.45) is 3.10. The second-order valence-electron chi connectivity index (χ2n) is 1.09. The summed E-state index contributed by atoms with van der Waals surface area (Å²) in [5, 5.41) is 3.35. The first kappa shape index (κ1) is 7.48. The monoisotopic (exact) mass is 129 g/mol. The minimum absolute atomic E-state index is 0.833. The predicted octanol–water partition coefficient (Wildman–Crippen LogP) is -0.302. The third-order valence-electron chi connectivity index (χ3n) is 0.347. The quantitative estimate of drug-likeness (QED) is 0.503. The maximum Gasteiger partial charge on any atom is 0.309 e. The largest absolute Gasteiger partial charge is 0.365 e. The first-order valence-corrected chi connectivity index (χ1v) is 2.12. The molecule has 0 saturated carbocycles. The van der Waals surface area contributed by atoms with E-state index in [9.17, 15) is 0 Å². The number of carbonyl (C=O) groups is 1. The molecule has 0 radical (unpaired) electrons. The molecule has 0 fully saturated rings. The van der Waals surface area contributed by atoms with E-state index in [1.54, 1.807) is 12.3 Å². The molecule has 1 heterocycles. The Morgan fingerprint density at radius 3 is 2.22 bits per heavy atom. The van der Waals surface area contributed by atoms with Gasteiger partial charge in [0.2, 0.25) is 0 Å². The molecular formula is C4H7N3O2. The Kier molecular flexibility index (Phi) is 3.85. The number of hydrogen-bond donors (Lipinski definition) is 2. The molecule has 1 aromatic heterocycles. The minimum Gasteiger partial charge on any atom is -0.365 e. The maximum atomic E-state index is 9.00. The van der Waals surface area contributed by atoms with Crippen LogP contribution in [0.2, 0.25) is 0 Å². The van der Waals surface area contributed by atoms with Crippen molar-refractivity contribution in [2.24, 2.45) is 11.5 Å². The van der Waals surface area contributed by atoms with Gasteiger partial charge in [-0.15, -0.1) is 0 Å². The van der Waals surface area contributed by atoms with Crippen molar-refractivity contribution in [2.45, 2.75) is 0 Å². The highest BCUT2D eigenvalue weighted by Gasteiger charge is 1.61. The Bertz CT molecular complexity index is 128. The second-order valence-corrected chi connectivity index (χ2v) is 1.09. The molecule has 0 atom stereocenters. The van der Waals surface area contributed by atoms with E-state index < -0.39 is 6.03 Å². The van der Waals surface area contributed by atoms with Gasteiger partial charge in [-0.3, -0.25) is 0 Å². The normalized spacial score (nSPS) is 7.11. The molecular weight excluding hydrogens is 122 g/mol. The SMILES string of the molecule is NC(N)=O.c1cnoc1. The van der Waals surface area contributed by atoms with Gasteiger partial charge in [-0.1, -0.05) is 5.16 Å². The maximum absolute atomic E-state index is 9.00. The van der Waals surface area contributed by atoms with Gasteiger partial charge in [0, 0.05) is 0 Å². The van der Waals surface area contributed by atoms with Crippen molar-refractivity contribution in [3.63, 3.8) is 0 Å². The Morgan fingerprint density at radius 1 is 1.56 bits per heavy atom. The fraction of sp³-hybridized carbons (Fsp3) is 0. The number of nitrogens with two attached hydrogens (primary N) is 2. The molecule has 4 N–H and O–H groups in total. The molecule has 50 valence electrons. The summed E-state index contributed by atoms with van der Waals surface area (Å²) in [7, 11) is 0. The van der Waals surface area contributed by atoms with E-state index in [0.717, 1.165) is 0 Å². The lowest BCUT2D eigenvalue weighted by atomic mass is 10.8. The minimum atomic E-state index is -0.833. The van der Waals surface area contributed by atoms with Gasteiger partial charge in [0.05, 0.1) is 6.20 Å². The number of hydrogen-bond acceptors (Lipinski definition) is 3. The average molecular weight is 129 g/mol. The van der Waals surface area contributed by atoms with Crippen molar-refractivity contribution in [2.75, 3.05) is 0 Å². The van der Waals surface area contributed by atoms with Gasteiger partial charge in [-0.2, -0.15) is 0 Å². The highest BCUT2D eigenvalue weighted by molar-refractivity contribution is 5.69. The topological polar surface area (TPSA) is 95.1 Å². The summed E-state index contributed by atoms with van der Waals surface area (Å²) in [5.41, 5.74) is 8.50. The molecule has 5 heteroatoms. The van der Waals surface area contributed by atoms with E-state index in [2.05, 4.69) is 21.1 Å². The molecule has 0 aliphatic rings. The number of nitrogens with zero attached hydrogens (tertiary/aromatic N) is 1. The van der Waals surface area contributed by atoms with E-state index in [4.69, 9.17) is 4.79 Å². The van der Waals surface area contributed by atoms with Crippen LogP contribution in [0.3, 0.4) is 0 Å². The average Bonchev–Trinajstić information content (AvgIpc) is 2.11. The molecule has 1 aromatic rings. The standard InChI is InChI=1S/C3H3NO.CH4N2O/c1-2-4-5-3-1;2-1(3)4/h1-3H;(H4,2,3,4). The van der Waals surface area contributed by atoms with Gasteiger partial charge < -0.3 is 16.0 Å². The molecule has 0 aliphatic heterocycles. The molecule has 2 amide bonds. The van der Waals surface area contributed by atoms with E-state index in [0.29, 0.717) is 0 Å². The van der Waals surface area contributed by atoms with Crippen LogP contribution in [-0.4, -0.2) is 11.2 Å². The molecule has 0 aromatic carbocycles. The Balaban J connectivity index is 0.000000148. The number of amides is 2. The number of urea groups is 1. The molecule has 0 bridgehead atoms. The molecule has 9 heavy (non-hydrogen) atoms. The van der Waals surface area contributed by atoms with E-state index >= 15 is 0 Å². The zero-order chi connectivity index (χ0) is 7.11. The Hall–Kier alpha value is -1.52. The highest BCUT2D eigenvalue weighted by Crippen LogP contribution is 1.72. The number of rotatable bonds is 0. The highest BCUT2D eigenvalue weighted by atomic mass is 16.5. The summed E-state index contributed by atoms with van der Waals surface area (Å²) in [6.45, 7) is 0. The van der Waals surface area contributed by atoms with Crippen LogP contribution in [0.15, 0.2) is 23.0 Å². The zero-order valence-electron chi connectivity index (χ0n) is 4.65. The first-order valence-electron chi connectivity index (χ1n) is 2.12. The molecule has 0 spiro atoms. The fourth-order valence-electron chi connectivity index (χ4n) is 0.176. The van der Waals surface area contributed by atoms with Gasteiger partial charge in [0.1, 0.15) is 6.26 Å².